The summed E-state index contributed by atoms with van der Waals surface area (Å²) in [5.74, 6) is 0.863. The van der Waals surface area contributed by atoms with Crippen LogP contribution in [0.4, 0.5) is 0 Å². The van der Waals surface area contributed by atoms with E-state index in [1.54, 1.807) is 0 Å². The Bertz CT molecular complexity index is 509. The molecule has 0 unspecified atom stereocenters. The van der Waals surface area contributed by atoms with Crippen LogP contribution in [-0.4, -0.2) is 19.3 Å². The number of hydrogen-bond donors (Lipinski definition) is 1. The molecule has 0 saturated heterocycles. The Morgan fingerprint density at radius 2 is 1.41 bits per heavy atom. The van der Waals surface area contributed by atoms with E-state index in [9.17, 15) is 0 Å². The highest BCUT2D eigenvalue weighted by Crippen LogP contribution is 2.38. The summed E-state index contributed by atoms with van der Waals surface area (Å²) in [7, 11) is 1.87. The quantitative estimate of drug-likeness (QED) is 0.798. The summed E-state index contributed by atoms with van der Waals surface area (Å²) < 4.78 is 0. The summed E-state index contributed by atoms with van der Waals surface area (Å²) in [6, 6.07) is 22.8. The second-order valence-corrected chi connectivity index (χ2v) is 8.48. The first kappa shape index (κ1) is 15.7. The summed E-state index contributed by atoms with van der Waals surface area (Å²) >= 11 is 0. The standard InChI is InChI=1S/C20H26NP/c1-21-20(17-10-8-9-11-17)16-22(18-12-4-2-5-13-18)19-14-6-3-7-15-19/h2-7,12-15,17,20-21H,8-11,16H2,1H3/t20-/m0/s1. The van der Waals surface area contributed by atoms with Gasteiger partial charge in [0.15, 0.2) is 0 Å². The molecule has 0 bridgehead atoms. The van der Waals surface area contributed by atoms with Crippen molar-refractivity contribution in [1.82, 2.24) is 5.32 Å². The Labute approximate surface area is 135 Å². The molecular weight excluding hydrogens is 285 g/mol. The summed E-state index contributed by atoms with van der Waals surface area (Å²) in [4.78, 5) is 0. The van der Waals surface area contributed by atoms with Crippen molar-refractivity contribution in [2.24, 2.45) is 5.92 Å². The van der Waals surface area contributed by atoms with Gasteiger partial charge in [-0.05, 0) is 50.5 Å². The Hall–Kier alpha value is -1.17. The van der Waals surface area contributed by atoms with E-state index in [4.69, 9.17) is 0 Å². The molecule has 1 aliphatic rings. The molecule has 0 aliphatic heterocycles. The van der Waals surface area contributed by atoms with Crippen molar-refractivity contribution in [3.05, 3.63) is 60.7 Å². The zero-order chi connectivity index (χ0) is 15.2. The Morgan fingerprint density at radius 3 is 1.86 bits per heavy atom. The summed E-state index contributed by atoms with van der Waals surface area (Å²) in [6.45, 7) is 0. The van der Waals surface area contributed by atoms with Gasteiger partial charge in [0.2, 0.25) is 0 Å². The zero-order valence-corrected chi connectivity index (χ0v) is 14.3. The van der Waals surface area contributed by atoms with Gasteiger partial charge in [-0.2, -0.15) is 0 Å². The van der Waals surface area contributed by atoms with E-state index in [2.05, 4.69) is 73.0 Å². The average molecular weight is 311 g/mol. The van der Waals surface area contributed by atoms with Crippen LogP contribution in [-0.2, 0) is 0 Å². The van der Waals surface area contributed by atoms with Gasteiger partial charge in [0.25, 0.3) is 0 Å². The normalized spacial score (nSPS) is 17.0. The fourth-order valence-electron chi connectivity index (χ4n) is 3.61. The van der Waals surface area contributed by atoms with E-state index < -0.39 is 0 Å². The molecule has 0 amide bonds. The molecule has 1 nitrogen and oxygen atoms in total. The van der Waals surface area contributed by atoms with Gasteiger partial charge in [-0.1, -0.05) is 73.5 Å². The third-order valence-electron chi connectivity index (χ3n) is 4.85. The van der Waals surface area contributed by atoms with Crippen molar-refractivity contribution < 1.29 is 0 Å². The molecule has 0 aromatic heterocycles. The van der Waals surface area contributed by atoms with Gasteiger partial charge in [0, 0.05) is 6.04 Å². The molecule has 0 spiro atoms. The lowest BCUT2D eigenvalue weighted by Crippen LogP contribution is -2.37. The first-order valence-corrected chi connectivity index (χ1v) is 9.96. The predicted octanol–water partition coefficient (Wildman–Crippen LogP) is 3.90. The van der Waals surface area contributed by atoms with Gasteiger partial charge < -0.3 is 5.32 Å². The van der Waals surface area contributed by atoms with Crippen LogP contribution in [0.1, 0.15) is 25.7 Å². The van der Waals surface area contributed by atoms with E-state index in [1.165, 1.54) is 42.5 Å². The second kappa shape index (κ2) is 7.90. The van der Waals surface area contributed by atoms with Crippen LogP contribution in [0, 0.1) is 5.92 Å². The fourth-order valence-corrected chi connectivity index (χ4v) is 6.27. The minimum Gasteiger partial charge on any atom is -0.316 e. The van der Waals surface area contributed by atoms with E-state index in [-0.39, 0.29) is 7.92 Å². The van der Waals surface area contributed by atoms with E-state index in [0.29, 0.717) is 6.04 Å². The fraction of sp³-hybridized carbons (Fsp3) is 0.400. The Morgan fingerprint density at radius 1 is 0.909 bits per heavy atom. The van der Waals surface area contributed by atoms with Crippen LogP contribution in [0.3, 0.4) is 0 Å². The first-order valence-electron chi connectivity index (χ1n) is 8.43. The molecule has 2 aromatic carbocycles. The molecule has 22 heavy (non-hydrogen) atoms. The molecule has 116 valence electrons. The smallest absolute Gasteiger partial charge is 0.0138 e. The number of hydrogen-bond acceptors (Lipinski definition) is 1. The lowest BCUT2D eigenvalue weighted by Gasteiger charge is -2.28. The average Bonchev–Trinajstić information content (AvgIpc) is 3.12. The molecule has 3 rings (SSSR count). The van der Waals surface area contributed by atoms with Crippen molar-refractivity contribution in [3.63, 3.8) is 0 Å². The highest BCUT2D eigenvalue weighted by molar-refractivity contribution is 7.73. The molecule has 2 aromatic rings. The lowest BCUT2D eigenvalue weighted by molar-refractivity contribution is 0.409. The van der Waals surface area contributed by atoms with Crippen LogP contribution >= 0.6 is 7.92 Å². The van der Waals surface area contributed by atoms with Crippen molar-refractivity contribution in [2.45, 2.75) is 31.7 Å². The maximum absolute atomic E-state index is 3.63. The third kappa shape index (κ3) is 3.77. The largest absolute Gasteiger partial charge is 0.316 e. The van der Waals surface area contributed by atoms with Crippen LogP contribution in [0.5, 0.6) is 0 Å². The third-order valence-corrected chi connectivity index (χ3v) is 7.46. The molecule has 1 atom stereocenters. The highest BCUT2D eigenvalue weighted by Gasteiger charge is 2.27. The van der Waals surface area contributed by atoms with Crippen molar-refractivity contribution in [1.29, 1.82) is 0 Å². The van der Waals surface area contributed by atoms with Crippen LogP contribution in [0.25, 0.3) is 0 Å². The summed E-state index contributed by atoms with van der Waals surface area (Å²) in [5.41, 5.74) is 0. The molecule has 1 fully saturated rings. The van der Waals surface area contributed by atoms with Crippen LogP contribution in [0.15, 0.2) is 60.7 Å². The van der Waals surface area contributed by atoms with Gasteiger partial charge in [-0.3, -0.25) is 0 Å². The van der Waals surface area contributed by atoms with Crippen molar-refractivity contribution in [3.8, 4) is 0 Å². The lowest BCUT2D eigenvalue weighted by atomic mass is 10.00. The molecule has 0 heterocycles. The topological polar surface area (TPSA) is 12.0 Å². The minimum absolute atomic E-state index is 0.275. The van der Waals surface area contributed by atoms with Gasteiger partial charge >= 0.3 is 0 Å². The minimum atomic E-state index is -0.275. The van der Waals surface area contributed by atoms with E-state index >= 15 is 0 Å². The second-order valence-electron chi connectivity index (χ2n) is 6.22. The van der Waals surface area contributed by atoms with Gasteiger partial charge in [-0.15, -0.1) is 0 Å². The first-order chi connectivity index (χ1) is 10.9. The SMILES string of the molecule is CN[C@@H](CP(c1ccccc1)c1ccccc1)C1CCCC1. The van der Waals surface area contributed by atoms with E-state index in [1.807, 2.05) is 0 Å². The predicted molar refractivity (Wildman–Crippen MR) is 98.7 cm³/mol. The molecule has 1 N–H and O–H groups in total. The van der Waals surface area contributed by atoms with Crippen LogP contribution in [0.2, 0.25) is 0 Å². The summed E-state index contributed by atoms with van der Waals surface area (Å²) in [5, 5.41) is 6.63. The molecule has 1 saturated carbocycles. The zero-order valence-electron chi connectivity index (χ0n) is 13.4. The number of benzene rings is 2. The van der Waals surface area contributed by atoms with Crippen molar-refractivity contribution in [2.75, 3.05) is 13.2 Å². The van der Waals surface area contributed by atoms with Gasteiger partial charge in [0.1, 0.15) is 0 Å². The summed E-state index contributed by atoms with van der Waals surface area (Å²) in [6.07, 6.45) is 6.88. The van der Waals surface area contributed by atoms with Gasteiger partial charge in [0.05, 0.1) is 0 Å². The molecule has 0 radical (unpaired) electrons. The highest BCUT2D eigenvalue weighted by atomic mass is 31.1. The number of nitrogens with one attached hydrogen (secondary N) is 1. The maximum Gasteiger partial charge on any atom is 0.0138 e. The Balaban J connectivity index is 1.85. The Kier molecular flexibility index (Phi) is 5.64. The van der Waals surface area contributed by atoms with E-state index in [0.717, 1.165) is 5.92 Å². The molecule has 2 heteroatoms. The maximum atomic E-state index is 3.63. The van der Waals surface area contributed by atoms with Crippen LogP contribution < -0.4 is 15.9 Å². The number of rotatable bonds is 6. The van der Waals surface area contributed by atoms with Gasteiger partial charge in [-0.25, -0.2) is 0 Å². The van der Waals surface area contributed by atoms with Crippen molar-refractivity contribution >= 4 is 18.5 Å². The molecule has 1 aliphatic carbocycles. The monoisotopic (exact) mass is 311 g/mol. The molecular formula is C20H26NP.